The van der Waals surface area contributed by atoms with Gasteiger partial charge >= 0.3 is 0 Å². The van der Waals surface area contributed by atoms with Crippen LogP contribution < -0.4 is 5.32 Å². The molecule has 0 saturated carbocycles. The van der Waals surface area contributed by atoms with Crippen LogP contribution in [0.25, 0.3) is 0 Å². The molecule has 1 aromatic rings. The summed E-state index contributed by atoms with van der Waals surface area (Å²) in [6, 6.07) is 5.72. The summed E-state index contributed by atoms with van der Waals surface area (Å²) >= 11 is 5.98. The minimum atomic E-state index is 0.174. The molecule has 1 atom stereocenters. The molecule has 1 fully saturated rings. The Morgan fingerprint density at radius 2 is 2.31 bits per heavy atom. The lowest BCUT2D eigenvalue weighted by Gasteiger charge is -2.12. The molecule has 2 rings (SSSR count). The molecule has 13 heavy (non-hydrogen) atoms. The van der Waals surface area contributed by atoms with Gasteiger partial charge in [0.05, 0.1) is 5.02 Å². The van der Waals surface area contributed by atoms with Crippen molar-refractivity contribution < 1.29 is 5.11 Å². The van der Waals surface area contributed by atoms with Crippen LogP contribution in [0.15, 0.2) is 18.2 Å². The van der Waals surface area contributed by atoms with E-state index in [1.807, 2.05) is 12.1 Å². The lowest BCUT2D eigenvalue weighted by atomic mass is 10.1. The summed E-state index contributed by atoms with van der Waals surface area (Å²) in [7, 11) is 0. The Morgan fingerprint density at radius 1 is 1.46 bits per heavy atom. The van der Waals surface area contributed by atoms with Gasteiger partial charge in [0.2, 0.25) is 0 Å². The summed E-state index contributed by atoms with van der Waals surface area (Å²) in [5, 5.41) is 13.2. The van der Waals surface area contributed by atoms with Gasteiger partial charge in [0.1, 0.15) is 5.75 Å². The summed E-state index contributed by atoms with van der Waals surface area (Å²) in [4.78, 5) is 0. The van der Waals surface area contributed by atoms with Crippen molar-refractivity contribution in [2.45, 2.75) is 18.9 Å². The van der Waals surface area contributed by atoms with Gasteiger partial charge in [-0.25, -0.2) is 0 Å². The third-order valence-corrected chi connectivity index (χ3v) is 2.86. The molecule has 0 bridgehead atoms. The quantitative estimate of drug-likeness (QED) is 0.725. The van der Waals surface area contributed by atoms with E-state index in [-0.39, 0.29) is 5.75 Å². The summed E-state index contributed by atoms with van der Waals surface area (Å²) in [6.07, 6.45) is 2.28. The number of benzene rings is 1. The summed E-state index contributed by atoms with van der Waals surface area (Å²) < 4.78 is 0. The predicted molar refractivity (Wildman–Crippen MR) is 53.1 cm³/mol. The molecule has 2 nitrogen and oxygen atoms in total. The topological polar surface area (TPSA) is 32.3 Å². The zero-order chi connectivity index (χ0) is 9.26. The highest BCUT2D eigenvalue weighted by Crippen LogP contribution is 2.34. The van der Waals surface area contributed by atoms with Gasteiger partial charge in [0.15, 0.2) is 0 Å². The number of halogens is 1. The van der Waals surface area contributed by atoms with E-state index >= 15 is 0 Å². The van der Waals surface area contributed by atoms with Crippen LogP contribution in [0.1, 0.15) is 24.4 Å². The lowest BCUT2D eigenvalue weighted by Crippen LogP contribution is -2.13. The Balaban J connectivity index is 2.33. The molecule has 0 radical (unpaired) electrons. The van der Waals surface area contributed by atoms with Crippen LogP contribution >= 0.6 is 11.6 Å². The lowest BCUT2D eigenvalue weighted by molar-refractivity contribution is 0.473. The first-order valence-corrected chi connectivity index (χ1v) is 4.87. The van der Waals surface area contributed by atoms with Crippen molar-refractivity contribution in [1.82, 2.24) is 5.32 Å². The van der Waals surface area contributed by atoms with Gasteiger partial charge in [-0.15, -0.1) is 0 Å². The van der Waals surface area contributed by atoms with Crippen molar-refractivity contribution in [2.75, 3.05) is 6.54 Å². The average molecular weight is 198 g/mol. The second-order valence-electron chi connectivity index (χ2n) is 3.33. The fourth-order valence-corrected chi connectivity index (χ4v) is 2.01. The second kappa shape index (κ2) is 3.56. The zero-order valence-electron chi connectivity index (χ0n) is 7.26. The van der Waals surface area contributed by atoms with Crippen LogP contribution in [0.5, 0.6) is 5.75 Å². The smallest absolute Gasteiger partial charge is 0.134 e. The highest BCUT2D eigenvalue weighted by molar-refractivity contribution is 6.32. The predicted octanol–water partition coefficient (Wildman–Crippen LogP) is 2.47. The largest absolute Gasteiger partial charge is 0.506 e. The van der Waals surface area contributed by atoms with Crippen molar-refractivity contribution >= 4 is 11.6 Å². The molecule has 1 heterocycles. The third-order valence-electron chi connectivity index (χ3n) is 2.44. The molecule has 0 aromatic heterocycles. The second-order valence-corrected chi connectivity index (χ2v) is 3.71. The van der Waals surface area contributed by atoms with E-state index in [1.54, 1.807) is 6.07 Å². The molecular formula is C10H12ClNO. The van der Waals surface area contributed by atoms with Crippen LogP contribution in [0.3, 0.4) is 0 Å². The van der Waals surface area contributed by atoms with Crippen molar-refractivity contribution in [3.8, 4) is 5.75 Å². The molecule has 0 unspecified atom stereocenters. The van der Waals surface area contributed by atoms with Gasteiger partial charge in [-0.05, 0) is 31.0 Å². The van der Waals surface area contributed by atoms with E-state index < -0.39 is 0 Å². The van der Waals surface area contributed by atoms with Crippen LogP contribution in [-0.4, -0.2) is 11.7 Å². The Hall–Kier alpha value is -0.730. The summed E-state index contributed by atoms with van der Waals surface area (Å²) in [5.74, 6) is 0.174. The molecule has 0 amide bonds. The number of rotatable bonds is 1. The number of hydrogen-bond acceptors (Lipinski definition) is 2. The standard InChI is InChI=1S/C10H12ClNO/c11-10-7(3-1-5-9(10)13)8-4-2-6-12-8/h1,3,5,8,12-13H,2,4,6H2/t8-/m0/s1. The van der Waals surface area contributed by atoms with E-state index in [0.29, 0.717) is 11.1 Å². The van der Waals surface area contributed by atoms with E-state index in [9.17, 15) is 5.11 Å². The monoisotopic (exact) mass is 197 g/mol. The van der Waals surface area contributed by atoms with Crippen LogP contribution in [-0.2, 0) is 0 Å². The first-order valence-electron chi connectivity index (χ1n) is 4.50. The fraction of sp³-hybridized carbons (Fsp3) is 0.400. The first-order chi connectivity index (χ1) is 6.29. The van der Waals surface area contributed by atoms with E-state index in [0.717, 1.165) is 18.5 Å². The molecule has 70 valence electrons. The zero-order valence-corrected chi connectivity index (χ0v) is 8.01. The molecule has 1 aliphatic heterocycles. The molecule has 3 heteroatoms. The molecule has 0 spiro atoms. The van der Waals surface area contributed by atoms with Crippen molar-refractivity contribution in [2.24, 2.45) is 0 Å². The number of hydrogen-bond donors (Lipinski definition) is 2. The highest BCUT2D eigenvalue weighted by atomic mass is 35.5. The van der Waals surface area contributed by atoms with E-state index in [4.69, 9.17) is 11.6 Å². The summed E-state index contributed by atoms with van der Waals surface area (Å²) in [5.41, 5.74) is 1.01. The van der Waals surface area contributed by atoms with Gasteiger partial charge in [-0.1, -0.05) is 23.7 Å². The van der Waals surface area contributed by atoms with Crippen molar-refractivity contribution in [1.29, 1.82) is 0 Å². The van der Waals surface area contributed by atoms with E-state index in [1.165, 1.54) is 6.42 Å². The minimum absolute atomic E-state index is 0.174. The van der Waals surface area contributed by atoms with Crippen LogP contribution in [0, 0.1) is 0 Å². The highest BCUT2D eigenvalue weighted by Gasteiger charge is 2.19. The number of aromatic hydroxyl groups is 1. The Kier molecular flexibility index (Phi) is 2.42. The normalized spacial score (nSPS) is 22.1. The Bertz CT molecular complexity index is 308. The number of phenolic OH excluding ortho intramolecular Hbond substituents is 1. The average Bonchev–Trinajstić information content (AvgIpc) is 2.62. The van der Waals surface area contributed by atoms with Crippen LogP contribution in [0.4, 0.5) is 0 Å². The molecule has 1 saturated heterocycles. The van der Waals surface area contributed by atoms with Gasteiger partial charge in [-0.3, -0.25) is 0 Å². The van der Waals surface area contributed by atoms with Gasteiger partial charge < -0.3 is 10.4 Å². The van der Waals surface area contributed by atoms with Gasteiger partial charge in [0, 0.05) is 6.04 Å². The molecule has 2 N–H and O–H groups in total. The first kappa shape index (κ1) is 8.85. The molecule has 0 aliphatic carbocycles. The molecular weight excluding hydrogens is 186 g/mol. The maximum Gasteiger partial charge on any atom is 0.134 e. The Morgan fingerprint density at radius 3 is 3.00 bits per heavy atom. The maximum absolute atomic E-state index is 9.40. The van der Waals surface area contributed by atoms with Crippen molar-refractivity contribution in [3.05, 3.63) is 28.8 Å². The van der Waals surface area contributed by atoms with Crippen molar-refractivity contribution in [3.63, 3.8) is 0 Å². The Labute approximate surface area is 82.5 Å². The number of nitrogens with one attached hydrogen (secondary N) is 1. The number of phenols is 1. The SMILES string of the molecule is Oc1cccc([C@@H]2CCCN2)c1Cl. The van der Waals surface area contributed by atoms with Gasteiger partial charge in [-0.2, -0.15) is 0 Å². The fourth-order valence-electron chi connectivity index (χ4n) is 1.76. The summed E-state index contributed by atoms with van der Waals surface area (Å²) in [6.45, 7) is 1.04. The molecule has 1 aromatic carbocycles. The van der Waals surface area contributed by atoms with Crippen LogP contribution in [0.2, 0.25) is 5.02 Å². The minimum Gasteiger partial charge on any atom is -0.506 e. The maximum atomic E-state index is 9.40. The molecule has 1 aliphatic rings. The van der Waals surface area contributed by atoms with Gasteiger partial charge in [0.25, 0.3) is 0 Å². The van der Waals surface area contributed by atoms with E-state index in [2.05, 4.69) is 5.32 Å². The third kappa shape index (κ3) is 1.64.